The average molecular weight is 210 g/mol. The molecule has 1 saturated heterocycles. The van der Waals surface area contributed by atoms with Crippen LogP contribution in [0, 0.1) is 5.92 Å². The van der Waals surface area contributed by atoms with Gasteiger partial charge in [-0.25, -0.2) is 0 Å². The third-order valence-corrected chi connectivity index (χ3v) is 4.05. The highest BCUT2D eigenvalue weighted by atomic mass is 15.2. The summed E-state index contributed by atoms with van der Waals surface area (Å²) in [5, 5.41) is 3.46. The molecule has 0 amide bonds. The topological polar surface area (TPSA) is 15.3 Å². The highest BCUT2D eigenvalue weighted by Crippen LogP contribution is 2.27. The average Bonchev–Trinajstić information content (AvgIpc) is 2.17. The summed E-state index contributed by atoms with van der Waals surface area (Å²) >= 11 is 0. The predicted octanol–water partition coefficient (Wildman–Crippen LogP) is 2.25. The van der Waals surface area contributed by atoms with E-state index in [0.29, 0.717) is 0 Å². The van der Waals surface area contributed by atoms with Crippen molar-refractivity contribution in [3.63, 3.8) is 0 Å². The largest absolute Gasteiger partial charge is 0.317 e. The zero-order valence-electron chi connectivity index (χ0n) is 10.2. The first-order valence-electron chi connectivity index (χ1n) is 6.85. The Hall–Kier alpha value is -0.0800. The molecule has 1 heterocycles. The number of rotatable bonds is 5. The summed E-state index contributed by atoms with van der Waals surface area (Å²) < 4.78 is 0. The monoisotopic (exact) mass is 210 g/mol. The van der Waals surface area contributed by atoms with Crippen molar-refractivity contribution in [2.45, 2.75) is 51.5 Å². The van der Waals surface area contributed by atoms with Gasteiger partial charge >= 0.3 is 0 Å². The van der Waals surface area contributed by atoms with Crippen molar-refractivity contribution < 1.29 is 0 Å². The zero-order chi connectivity index (χ0) is 10.5. The molecule has 0 radical (unpaired) electrons. The third-order valence-electron chi connectivity index (χ3n) is 4.05. The first-order chi connectivity index (χ1) is 7.40. The first-order valence-corrected chi connectivity index (χ1v) is 6.85. The molecule has 2 nitrogen and oxygen atoms in total. The molecule has 2 aliphatic rings. The summed E-state index contributed by atoms with van der Waals surface area (Å²) in [7, 11) is 0. The molecule has 2 rings (SSSR count). The molecule has 0 spiro atoms. The molecule has 0 unspecified atom stereocenters. The quantitative estimate of drug-likeness (QED) is 0.749. The van der Waals surface area contributed by atoms with Crippen molar-refractivity contribution in [2.75, 3.05) is 26.2 Å². The fraction of sp³-hybridized carbons (Fsp3) is 1.00. The Morgan fingerprint density at radius 2 is 1.87 bits per heavy atom. The molecule has 0 aromatic rings. The van der Waals surface area contributed by atoms with Crippen molar-refractivity contribution in [3.8, 4) is 0 Å². The van der Waals surface area contributed by atoms with E-state index in [2.05, 4.69) is 17.1 Å². The van der Waals surface area contributed by atoms with Gasteiger partial charge in [0.15, 0.2) is 0 Å². The van der Waals surface area contributed by atoms with Crippen LogP contribution in [-0.4, -0.2) is 37.1 Å². The second-order valence-corrected chi connectivity index (χ2v) is 5.27. The smallest absolute Gasteiger partial charge is 0.00953 e. The van der Waals surface area contributed by atoms with Crippen molar-refractivity contribution in [1.82, 2.24) is 10.2 Å². The molecule has 15 heavy (non-hydrogen) atoms. The minimum Gasteiger partial charge on any atom is -0.317 e. The van der Waals surface area contributed by atoms with Crippen LogP contribution in [0.4, 0.5) is 0 Å². The lowest BCUT2D eigenvalue weighted by Gasteiger charge is -2.40. The van der Waals surface area contributed by atoms with Gasteiger partial charge in [-0.05, 0) is 57.7 Å². The second kappa shape index (κ2) is 5.86. The number of nitrogens with zero attached hydrogens (tertiary/aromatic N) is 1. The normalized spacial score (nSPS) is 24.4. The van der Waals surface area contributed by atoms with Crippen LogP contribution in [0.1, 0.15) is 45.4 Å². The van der Waals surface area contributed by atoms with Crippen LogP contribution in [0.25, 0.3) is 0 Å². The Balaban J connectivity index is 1.76. The van der Waals surface area contributed by atoms with E-state index < -0.39 is 0 Å². The number of piperidine rings is 1. The summed E-state index contributed by atoms with van der Waals surface area (Å²) in [6.45, 7) is 7.51. The molecule has 1 aliphatic heterocycles. The van der Waals surface area contributed by atoms with E-state index in [1.165, 1.54) is 64.7 Å². The minimum absolute atomic E-state index is 0.944. The molecule has 0 aromatic carbocycles. The number of nitrogens with one attached hydrogen (secondary N) is 1. The molecule has 2 heteroatoms. The fourth-order valence-corrected chi connectivity index (χ4v) is 2.86. The van der Waals surface area contributed by atoms with Crippen LogP contribution < -0.4 is 5.32 Å². The molecule has 1 N–H and O–H groups in total. The Labute approximate surface area is 94.4 Å². The lowest BCUT2D eigenvalue weighted by Crippen LogP contribution is -2.45. The van der Waals surface area contributed by atoms with Crippen LogP contribution in [0.3, 0.4) is 0 Å². The van der Waals surface area contributed by atoms with Gasteiger partial charge in [-0.1, -0.05) is 13.3 Å². The van der Waals surface area contributed by atoms with Gasteiger partial charge in [0, 0.05) is 12.6 Å². The van der Waals surface area contributed by atoms with Crippen molar-refractivity contribution >= 4 is 0 Å². The summed E-state index contributed by atoms with van der Waals surface area (Å²) in [5.41, 5.74) is 0. The van der Waals surface area contributed by atoms with Gasteiger partial charge in [-0.2, -0.15) is 0 Å². The maximum absolute atomic E-state index is 3.46. The van der Waals surface area contributed by atoms with Crippen LogP contribution >= 0.6 is 0 Å². The Morgan fingerprint density at radius 3 is 2.40 bits per heavy atom. The van der Waals surface area contributed by atoms with Gasteiger partial charge in [0.1, 0.15) is 0 Å². The van der Waals surface area contributed by atoms with Gasteiger partial charge in [0.2, 0.25) is 0 Å². The standard InChI is InChI=1S/C13H26N2/c1-2-10-15(13-4-3-5-13)11-12-6-8-14-9-7-12/h12-14H,2-11H2,1H3. The van der Waals surface area contributed by atoms with Crippen LogP contribution in [0.5, 0.6) is 0 Å². The van der Waals surface area contributed by atoms with Crippen molar-refractivity contribution in [1.29, 1.82) is 0 Å². The molecule has 0 aromatic heterocycles. The predicted molar refractivity (Wildman–Crippen MR) is 65.1 cm³/mol. The Kier molecular flexibility index (Phi) is 4.45. The Bertz CT molecular complexity index is 171. The van der Waals surface area contributed by atoms with E-state index in [1.54, 1.807) is 0 Å². The zero-order valence-corrected chi connectivity index (χ0v) is 10.2. The molecule has 2 fully saturated rings. The van der Waals surface area contributed by atoms with Crippen LogP contribution in [-0.2, 0) is 0 Å². The lowest BCUT2D eigenvalue weighted by molar-refractivity contribution is 0.0992. The Morgan fingerprint density at radius 1 is 1.13 bits per heavy atom. The summed E-state index contributed by atoms with van der Waals surface area (Å²) in [6, 6.07) is 0.944. The summed E-state index contributed by atoms with van der Waals surface area (Å²) in [5.74, 6) is 0.971. The van der Waals surface area contributed by atoms with Crippen molar-refractivity contribution in [3.05, 3.63) is 0 Å². The summed E-state index contributed by atoms with van der Waals surface area (Å²) in [4.78, 5) is 2.78. The highest BCUT2D eigenvalue weighted by Gasteiger charge is 2.26. The van der Waals surface area contributed by atoms with Gasteiger partial charge in [0.05, 0.1) is 0 Å². The molecule has 88 valence electrons. The van der Waals surface area contributed by atoms with Gasteiger partial charge < -0.3 is 10.2 Å². The first kappa shape index (κ1) is 11.4. The van der Waals surface area contributed by atoms with E-state index in [9.17, 15) is 0 Å². The highest BCUT2D eigenvalue weighted by molar-refractivity contribution is 4.82. The lowest BCUT2D eigenvalue weighted by atomic mass is 9.89. The molecule has 1 saturated carbocycles. The van der Waals surface area contributed by atoms with Crippen LogP contribution in [0.15, 0.2) is 0 Å². The molecule has 1 aliphatic carbocycles. The molecule has 0 atom stereocenters. The number of hydrogen-bond donors (Lipinski definition) is 1. The SMILES string of the molecule is CCCN(CC1CCNCC1)C1CCC1. The number of hydrogen-bond acceptors (Lipinski definition) is 2. The maximum Gasteiger partial charge on any atom is 0.00953 e. The van der Waals surface area contributed by atoms with Crippen molar-refractivity contribution in [2.24, 2.45) is 5.92 Å². The molecular weight excluding hydrogens is 184 g/mol. The molecule has 0 bridgehead atoms. The minimum atomic E-state index is 0.944. The fourth-order valence-electron chi connectivity index (χ4n) is 2.86. The maximum atomic E-state index is 3.46. The van der Waals surface area contributed by atoms with E-state index in [4.69, 9.17) is 0 Å². The second-order valence-electron chi connectivity index (χ2n) is 5.27. The van der Waals surface area contributed by atoms with Gasteiger partial charge in [-0.15, -0.1) is 0 Å². The van der Waals surface area contributed by atoms with Gasteiger partial charge in [0.25, 0.3) is 0 Å². The van der Waals surface area contributed by atoms with E-state index in [0.717, 1.165) is 12.0 Å². The summed E-state index contributed by atoms with van der Waals surface area (Å²) in [6.07, 6.45) is 8.51. The van der Waals surface area contributed by atoms with E-state index in [-0.39, 0.29) is 0 Å². The third kappa shape index (κ3) is 3.18. The van der Waals surface area contributed by atoms with Crippen LogP contribution in [0.2, 0.25) is 0 Å². The van der Waals surface area contributed by atoms with E-state index >= 15 is 0 Å². The van der Waals surface area contributed by atoms with E-state index in [1.807, 2.05) is 0 Å². The van der Waals surface area contributed by atoms with Gasteiger partial charge in [-0.3, -0.25) is 0 Å². The molecular formula is C13H26N2.